The molecule has 0 aliphatic heterocycles. The molecule has 0 bridgehead atoms. The Morgan fingerprint density at radius 3 is 2.44 bits per heavy atom. The third-order valence-corrected chi connectivity index (χ3v) is 2.68. The van der Waals surface area contributed by atoms with Crippen molar-refractivity contribution in [2.45, 2.75) is 58.1 Å². The Balaban J connectivity index is 2.44. The minimum Gasteiger partial charge on any atom is -0.444 e. The highest BCUT2D eigenvalue weighted by atomic mass is 16.6. The molecule has 0 radical (unpaired) electrons. The van der Waals surface area contributed by atoms with Crippen LogP contribution in [-0.4, -0.2) is 17.7 Å². The van der Waals surface area contributed by atoms with Crippen LogP contribution >= 0.6 is 0 Å². The third-order valence-electron chi connectivity index (χ3n) is 2.68. The molecule has 4 nitrogen and oxygen atoms in total. The van der Waals surface area contributed by atoms with E-state index in [0.29, 0.717) is 0 Å². The van der Waals surface area contributed by atoms with Gasteiger partial charge < -0.3 is 10.1 Å². The molecule has 1 aliphatic carbocycles. The summed E-state index contributed by atoms with van der Waals surface area (Å²) in [6.07, 6.45) is 3.85. The first kappa shape index (κ1) is 12.8. The molecule has 1 saturated carbocycles. The summed E-state index contributed by atoms with van der Waals surface area (Å²) in [5, 5.41) is 11.7. The summed E-state index contributed by atoms with van der Waals surface area (Å²) in [7, 11) is 0. The number of carbonyl (C=O) groups excluding carboxylic acids is 1. The Morgan fingerprint density at radius 1 is 1.44 bits per heavy atom. The molecule has 1 N–H and O–H groups in total. The van der Waals surface area contributed by atoms with Crippen molar-refractivity contribution in [3.05, 3.63) is 0 Å². The van der Waals surface area contributed by atoms with E-state index in [1.165, 1.54) is 0 Å². The summed E-state index contributed by atoms with van der Waals surface area (Å²) in [5.41, 5.74) is -0.514. The third kappa shape index (κ3) is 4.09. The monoisotopic (exact) mass is 224 g/mol. The van der Waals surface area contributed by atoms with Crippen molar-refractivity contribution in [2.75, 3.05) is 0 Å². The molecular weight excluding hydrogens is 204 g/mol. The fraction of sp³-hybridized carbons (Fsp3) is 0.833. The number of ether oxygens (including phenoxy) is 1. The highest BCUT2D eigenvalue weighted by Gasteiger charge is 2.27. The van der Waals surface area contributed by atoms with Gasteiger partial charge in [0.2, 0.25) is 0 Å². The van der Waals surface area contributed by atoms with E-state index < -0.39 is 17.7 Å². The molecule has 1 fully saturated rings. The molecule has 0 aromatic heterocycles. The Hall–Kier alpha value is -1.24. The maximum absolute atomic E-state index is 11.5. The first-order chi connectivity index (χ1) is 7.42. The summed E-state index contributed by atoms with van der Waals surface area (Å²) < 4.78 is 5.13. The second kappa shape index (κ2) is 5.20. The normalized spacial score (nSPS) is 18.9. The molecule has 90 valence electrons. The molecular formula is C12H20N2O2. The topological polar surface area (TPSA) is 62.1 Å². The zero-order valence-corrected chi connectivity index (χ0v) is 10.2. The van der Waals surface area contributed by atoms with Crippen LogP contribution in [0.25, 0.3) is 0 Å². The van der Waals surface area contributed by atoms with E-state index in [0.717, 1.165) is 25.7 Å². The van der Waals surface area contributed by atoms with E-state index in [-0.39, 0.29) is 5.92 Å². The smallest absolute Gasteiger partial charge is 0.408 e. The van der Waals surface area contributed by atoms with Crippen LogP contribution in [0.15, 0.2) is 0 Å². The van der Waals surface area contributed by atoms with E-state index in [2.05, 4.69) is 11.4 Å². The number of amides is 1. The largest absolute Gasteiger partial charge is 0.444 e. The predicted molar refractivity (Wildman–Crippen MR) is 60.7 cm³/mol. The fourth-order valence-electron chi connectivity index (χ4n) is 1.98. The summed E-state index contributed by atoms with van der Waals surface area (Å²) in [5.74, 6) is 0.289. The van der Waals surface area contributed by atoms with Gasteiger partial charge in [-0.1, -0.05) is 12.8 Å². The lowest BCUT2D eigenvalue weighted by Crippen LogP contribution is -2.41. The maximum atomic E-state index is 11.5. The molecule has 1 unspecified atom stereocenters. The summed E-state index contributed by atoms with van der Waals surface area (Å²) in [4.78, 5) is 11.5. The predicted octanol–water partition coefficient (Wildman–Crippen LogP) is 2.59. The fourth-order valence-corrected chi connectivity index (χ4v) is 1.98. The van der Waals surface area contributed by atoms with E-state index in [1.54, 1.807) is 0 Å². The van der Waals surface area contributed by atoms with E-state index in [4.69, 9.17) is 10.00 Å². The SMILES string of the molecule is CC(C)(C)OC(=O)NC(C#N)C1CCCC1. The number of hydrogen-bond acceptors (Lipinski definition) is 3. The molecule has 0 heterocycles. The number of rotatable bonds is 2. The number of nitrogens with zero attached hydrogens (tertiary/aromatic N) is 1. The van der Waals surface area contributed by atoms with Crippen molar-refractivity contribution in [3.8, 4) is 6.07 Å². The van der Waals surface area contributed by atoms with Gasteiger partial charge in [0.05, 0.1) is 6.07 Å². The van der Waals surface area contributed by atoms with Crippen molar-refractivity contribution in [1.82, 2.24) is 5.32 Å². The van der Waals surface area contributed by atoms with Gasteiger partial charge in [-0.15, -0.1) is 0 Å². The van der Waals surface area contributed by atoms with Crippen molar-refractivity contribution in [2.24, 2.45) is 5.92 Å². The quantitative estimate of drug-likeness (QED) is 0.784. The van der Waals surface area contributed by atoms with E-state index in [1.807, 2.05) is 20.8 Å². The van der Waals surface area contributed by atoms with Gasteiger partial charge in [-0.25, -0.2) is 4.79 Å². The van der Waals surface area contributed by atoms with Gasteiger partial charge in [-0.05, 0) is 39.5 Å². The summed E-state index contributed by atoms with van der Waals surface area (Å²) in [6, 6.07) is 1.74. The van der Waals surface area contributed by atoms with Gasteiger partial charge in [0.25, 0.3) is 0 Å². The molecule has 0 aromatic rings. The zero-order valence-electron chi connectivity index (χ0n) is 10.2. The van der Waals surface area contributed by atoms with Crippen LogP contribution in [0.2, 0.25) is 0 Å². The van der Waals surface area contributed by atoms with E-state index >= 15 is 0 Å². The average molecular weight is 224 g/mol. The maximum Gasteiger partial charge on any atom is 0.408 e. The van der Waals surface area contributed by atoms with Crippen molar-refractivity contribution < 1.29 is 9.53 Å². The van der Waals surface area contributed by atoms with Crippen LogP contribution in [-0.2, 0) is 4.74 Å². The Labute approximate surface area is 97.0 Å². The first-order valence-electron chi connectivity index (χ1n) is 5.81. The zero-order chi connectivity index (χ0) is 12.2. The number of carbonyl (C=O) groups is 1. The van der Waals surface area contributed by atoms with Crippen LogP contribution in [0.4, 0.5) is 4.79 Å². The standard InChI is InChI=1S/C12H20N2O2/c1-12(2,3)16-11(15)14-10(8-13)9-6-4-5-7-9/h9-10H,4-7H2,1-3H3,(H,14,15). The molecule has 0 saturated heterocycles. The summed E-state index contributed by atoms with van der Waals surface area (Å²) >= 11 is 0. The van der Waals surface area contributed by atoms with E-state index in [9.17, 15) is 4.79 Å². The Kier molecular flexibility index (Phi) is 4.17. The molecule has 0 aromatic carbocycles. The van der Waals surface area contributed by atoms with Crippen LogP contribution < -0.4 is 5.32 Å². The second-order valence-electron chi connectivity index (χ2n) is 5.30. The summed E-state index contributed by atoms with van der Waals surface area (Å²) in [6.45, 7) is 5.43. The minimum atomic E-state index is -0.514. The number of nitriles is 1. The highest BCUT2D eigenvalue weighted by Crippen LogP contribution is 2.27. The number of nitrogens with one attached hydrogen (secondary N) is 1. The van der Waals surface area contributed by atoms with Gasteiger partial charge in [0.1, 0.15) is 11.6 Å². The number of alkyl carbamates (subject to hydrolysis) is 1. The molecule has 1 amide bonds. The van der Waals surface area contributed by atoms with Gasteiger partial charge in [0.15, 0.2) is 0 Å². The van der Waals surface area contributed by atoms with Crippen molar-refractivity contribution >= 4 is 6.09 Å². The Bertz CT molecular complexity index is 282. The molecule has 16 heavy (non-hydrogen) atoms. The molecule has 1 atom stereocenters. The lowest BCUT2D eigenvalue weighted by Gasteiger charge is -2.23. The average Bonchev–Trinajstić information content (AvgIpc) is 2.63. The molecule has 4 heteroatoms. The molecule has 0 spiro atoms. The van der Waals surface area contributed by atoms with Crippen molar-refractivity contribution in [3.63, 3.8) is 0 Å². The van der Waals surface area contributed by atoms with Crippen LogP contribution in [0, 0.1) is 17.2 Å². The van der Waals surface area contributed by atoms with Crippen LogP contribution in [0.1, 0.15) is 46.5 Å². The van der Waals surface area contributed by atoms with Gasteiger partial charge in [-0.3, -0.25) is 0 Å². The lowest BCUT2D eigenvalue weighted by atomic mass is 10.00. The first-order valence-corrected chi connectivity index (χ1v) is 5.81. The van der Waals surface area contributed by atoms with Crippen LogP contribution in [0.3, 0.4) is 0 Å². The Morgan fingerprint density at radius 2 is 2.00 bits per heavy atom. The van der Waals surface area contributed by atoms with Crippen LogP contribution in [0.5, 0.6) is 0 Å². The lowest BCUT2D eigenvalue weighted by molar-refractivity contribution is 0.0502. The minimum absolute atomic E-state index is 0.289. The number of hydrogen-bond donors (Lipinski definition) is 1. The molecule has 1 rings (SSSR count). The van der Waals surface area contributed by atoms with Gasteiger partial charge >= 0.3 is 6.09 Å². The highest BCUT2D eigenvalue weighted by molar-refractivity contribution is 5.68. The van der Waals surface area contributed by atoms with Crippen molar-refractivity contribution in [1.29, 1.82) is 5.26 Å². The van der Waals surface area contributed by atoms with Gasteiger partial charge in [-0.2, -0.15) is 5.26 Å². The van der Waals surface area contributed by atoms with Gasteiger partial charge in [0, 0.05) is 0 Å². The second-order valence-corrected chi connectivity index (χ2v) is 5.30. The molecule has 1 aliphatic rings.